The molecule has 0 spiro atoms. The number of fused-ring (bicyclic) bond motifs is 1. The van der Waals surface area contributed by atoms with Crippen molar-refractivity contribution in [2.24, 2.45) is 12.0 Å². The third kappa shape index (κ3) is 3.51. The van der Waals surface area contributed by atoms with Gasteiger partial charge in [0.1, 0.15) is 0 Å². The number of thiazole rings is 1. The van der Waals surface area contributed by atoms with Gasteiger partial charge in [-0.3, -0.25) is 4.79 Å². The molecule has 0 atom stereocenters. The minimum Gasteiger partial charge on any atom is -0.493 e. The molecule has 136 valence electrons. The molecule has 3 aromatic rings. The highest BCUT2D eigenvalue weighted by molar-refractivity contribution is 7.16. The number of rotatable bonds is 4. The summed E-state index contributed by atoms with van der Waals surface area (Å²) in [7, 11) is 5.11. The van der Waals surface area contributed by atoms with Crippen LogP contribution in [0.25, 0.3) is 10.2 Å². The van der Waals surface area contributed by atoms with Gasteiger partial charge in [0.05, 0.1) is 30.9 Å². The molecule has 0 saturated heterocycles. The third-order valence-corrected chi connectivity index (χ3v) is 5.55. The molecule has 1 amide bonds. The van der Waals surface area contributed by atoms with E-state index >= 15 is 0 Å². The van der Waals surface area contributed by atoms with Crippen LogP contribution < -0.4 is 14.3 Å². The van der Waals surface area contributed by atoms with E-state index in [1.165, 1.54) is 11.1 Å². The number of nitrogens with zero attached hydrogens (tertiary/aromatic N) is 2. The molecule has 1 aromatic heterocycles. The first-order valence-corrected chi connectivity index (χ1v) is 9.10. The molecule has 0 aliphatic heterocycles. The second-order valence-corrected chi connectivity index (χ2v) is 7.22. The fourth-order valence-electron chi connectivity index (χ4n) is 2.99. The van der Waals surface area contributed by atoms with Crippen LogP contribution in [0.3, 0.4) is 0 Å². The summed E-state index contributed by atoms with van der Waals surface area (Å²) in [6, 6.07) is 9.73. The molecule has 0 saturated carbocycles. The van der Waals surface area contributed by atoms with Crippen LogP contribution in [0.5, 0.6) is 11.5 Å². The van der Waals surface area contributed by atoms with E-state index in [1.54, 1.807) is 31.6 Å². The van der Waals surface area contributed by atoms with Gasteiger partial charge >= 0.3 is 0 Å². The van der Waals surface area contributed by atoms with E-state index < -0.39 is 0 Å². The van der Waals surface area contributed by atoms with Gasteiger partial charge in [0, 0.05) is 7.05 Å². The molecule has 0 unspecified atom stereocenters. The normalized spacial score (nSPS) is 11.8. The van der Waals surface area contributed by atoms with Crippen LogP contribution in [-0.4, -0.2) is 24.7 Å². The van der Waals surface area contributed by atoms with Gasteiger partial charge in [-0.25, -0.2) is 0 Å². The van der Waals surface area contributed by atoms with Crippen molar-refractivity contribution >= 4 is 27.5 Å². The molecule has 1 heterocycles. The van der Waals surface area contributed by atoms with Crippen LogP contribution in [0.1, 0.15) is 16.7 Å². The minimum absolute atomic E-state index is 0.186. The molecule has 0 aliphatic rings. The molecule has 26 heavy (non-hydrogen) atoms. The number of carbonyl (C=O) groups is 1. The van der Waals surface area contributed by atoms with Gasteiger partial charge in [-0.2, -0.15) is 4.99 Å². The number of ether oxygens (including phenoxy) is 2. The van der Waals surface area contributed by atoms with Gasteiger partial charge in [-0.05, 0) is 48.7 Å². The second kappa shape index (κ2) is 7.33. The molecule has 0 aliphatic carbocycles. The summed E-state index contributed by atoms with van der Waals surface area (Å²) in [5, 5.41) is 0. The third-order valence-electron chi connectivity index (χ3n) is 4.26. The molecule has 5 nitrogen and oxygen atoms in total. The highest BCUT2D eigenvalue weighted by Crippen LogP contribution is 2.28. The zero-order chi connectivity index (χ0) is 18.8. The van der Waals surface area contributed by atoms with Crippen molar-refractivity contribution in [3.05, 3.63) is 51.8 Å². The first-order valence-electron chi connectivity index (χ1n) is 8.28. The predicted octanol–water partition coefficient (Wildman–Crippen LogP) is 3.54. The summed E-state index contributed by atoms with van der Waals surface area (Å²) in [5.41, 5.74) is 4.35. The van der Waals surface area contributed by atoms with Crippen LogP contribution in [-0.2, 0) is 18.3 Å². The van der Waals surface area contributed by atoms with Gasteiger partial charge in [-0.15, -0.1) is 0 Å². The number of methoxy groups -OCH3 is 2. The molecule has 0 fully saturated rings. The van der Waals surface area contributed by atoms with Crippen molar-refractivity contribution < 1.29 is 14.3 Å². The fourth-order valence-corrected chi connectivity index (χ4v) is 4.07. The van der Waals surface area contributed by atoms with Crippen LogP contribution >= 0.6 is 11.3 Å². The Morgan fingerprint density at radius 2 is 1.85 bits per heavy atom. The zero-order valence-electron chi connectivity index (χ0n) is 15.6. The Hall–Kier alpha value is -2.60. The van der Waals surface area contributed by atoms with Gasteiger partial charge in [-0.1, -0.05) is 23.5 Å². The molecule has 2 aromatic carbocycles. The number of amides is 1. The van der Waals surface area contributed by atoms with Crippen molar-refractivity contribution in [2.75, 3.05) is 14.2 Å². The lowest BCUT2D eigenvalue weighted by atomic mass is 10.1. The number of carbonyl (C=O) groups excluding carboxylic acids is 1. The van der Waals surface area contributed by atoms with E-state index in [0.717, 1.165) is 15.8 Å². The summed E-state index contributed by atoms with van der Waals surface area (Å²) < 4.78 is 13.7. The molecular weight excluding hydrogens is 348 g/mol. The summed E-state index contributed by atoms with van der Waals surface area (Å²) in [4.78, 5) is 17.5. The number of aryl methyl sites for hydroxylation is 3. The van der Waals surface area contributed by atoms with E-state index in [2.05, 4.69) is 31.0 Å². The number of hydrogen-bond donors (Lipinski definition) is 0. The zero-order valence-corrected chi connectivity index (χ0v) is 16.4. The lowest BCUT2D eigenvalue weighted by Crippen LogP contribution is -2.14. The Bertz CT molecular complexity index is 1050. The van der Waals surface area contributed by atoms with Crippen LogP contribution in [0.2, 0.25) is 0 Å². The lowest BCUT2D eigenvalue weighted by molar-refractivity contribution is -0.117. The quantitative estimate of drug-likeness (QED) is 0.706. The average molecular weight is 370 g/mol. The largest absolute Gasteiger partial charge is 0.493 e. The average Bonchev–Trinajstić information content (AvgIpc) is 2.91. The van der Waals surface area contributed by atoms with Crippen LogP contribution in [0.4, 0.5) is 0 Å². The molecule has 0 radical (unpaired) electrons. The van der Waals surface area contributed by atoms with E-state index in [0.29, 0.717) is 16.3 Å². The summed E-state index contributed by atoms with van der Waals surface area (Å²) in [6.07, 6.45) is 0.215. The standard InChI is InChI=1S/C20H22N2O3S/c1-12-8-13(2)19-15(9-12)22(3)20(26-19)21-18(23)11-14-6-7-16(24-4)17(10-14)25-5/h6-10H,11H2,1-5H3. The smallest absolute Gasteiger partial charge is 0.252 e. The maximum Gasteiger partial charge on any atom is 0.252 e. The number of aromatic nitrogens is 1. The predicted molar refractivity (Wildman–Crippen MR) is 104 cm³/mol. The topological polar surface area (TPSA) is 52.8 Å². The number of benzene rings is 2. The molecule has 0 bridgehead atoms. The summed E-state index contributed by atoms with van der Waals surface area (Å²) in [5.74, 6) is 1.06. The van der Waals surface area contributed by atoms with E-state index in [9.17, 15) is 4.79 Å². The molecular formula is C20H22N2O3S. The molecule has 0 N–H and O–H groups in total. The number of hydrogen-bond acceptors (Lipinski definition) is 4. The fraction of sp³-hybridized carbons (Fsp3) is 0.300. The minimum atomic E-state index is -0.186. The van der Waals surface area contributed by atoms with E-state index in [-0.39, 0.29) is 12.3 Å². The first kappa shape index (κ1) is 18.2. The Morgan fingerprint density at radius 3 is 2.54 bits per heavy atom. The van der Waals surface area contributed by atoms with Crippen molar-refractivity contribution in [3.8, 4) is 11.5 Å². The monoisotopic (exact) mass is 370 g/mol. The highest BCUT2D eigenvalue weighted by Gasteiger charge is 2.10. The Kier molecular flexibility index (Phi) is 5.13. The Labute approximate surface area is 156 Å². The Morgan fingerprint density at radius 1 is 1.12 bits per heavy atom. The van der Waals surface area contributed by atoms with Gasteiger partial charge in [0.25, 0.3) is 5.91 Å². The van der Waals surface area contributed by atoms with E-state index in [1.807, 2.05) is 23.7 Å². The van der Waals surface area contributed by atoms with Crippen LogP contribution in [0, 0.1) is 13.8 Å². The van der Waals surface area contributed by atoms with Crippen molar-refractivity contribution in [3.63, 3.8) is 0 Å². The molecule has 6 heteroatoms. The van der Waals surface area contributed by atoms with Crippen molar-refractivity contribution in [1.82, 2.24) is 4.57 Å². The maximum atomic E-state index is 12.5. The second-order valence-electron chi connectivity index (χ2n) is 6.25. The highest BCUT2D eigenvalue weighted by atomic mass is 32.1. The van der Waals surface area contributed by atoms with Crippen molar-refractivity contribution in [2.45, 2.75) is 20.3 Å². The SMILES string of the molecule is COc1ccc(CC(=O)N=c2sc3c(C)cc(C)cc3n2C)cc1OC. The van der Waals surface area contributed by atoms with Crippen molar-refractivity contribution in [1.29, 1.82) is 0 Å². The first-order chi connectivity index (χ1) is 12.4. The summed E-state index contributed by atoms with van der Waals surface area (Å²) >= 11 is 1.54. The van der Waals surface area contributed by atoms with E-state index in [4.69, 9.17) is 9.47 Å². The van der Waals surface area contributed by atoms with Crippen LogP contribution in [0.15, 0.2) is 35.3 Å². The van der Waals surface area contributed by atoms with Gasteiger partial charge in [0.15, 0.2) is 16.3 Å². The summed E-state index contributed by atoms with van der Waals surface area (Å²) in [6.45, 7) is 4.16. The van der Waals surface area contributed by atoms with Gasteiger partial charge in [0.2, 0.25) is 0 Å². The lowest BCUT2D eigenvalue weighted by Gasteiger charge is -2.08. The molecule has 3 rings (SSSR count). The maximum absolute atomic E-state index is 12.5. The Balaban J connectivity index is 1.93. The van der Waals surface area contributed by atoms with Gasteiger partial charge < -0.3 is 14.0 Å².